The fraction of sp³-hybridized carbons (Fsp3) is 0.381. The first-order chi connectivity index (χ1) is 13.7. The van der Waals surface area contributed by atoms with E-state index < -0.39 is 0 Å². The van der Waals surface area contributed by atoms with Crippen molar-refractivity contribution >= 4 is 17.7 Å². The van der Waals surface area contributed by atoms with E-state index in [0.29, 0.717) is 22.8 Å². The summed E-state index contributed by atoms with van der Waals surface area (Å²) in [5, 5.41) is 8.10. The van der Waals surface area contributed by atoms with Gasteiger partial charge in [0.2, 0.25) is 5.91 Å². The molecule has 28 heavy (non-hydrogen) atoms. The Bertz CT molecular complexity index is 887. The topological polar surface area (TPSA) is 72.4 Å². The van der Waals surface area contributed by atoms with E-state index in [4.69, 9.17) is 8.83 Å². The van der Waals surface area contributed by atoms with Crippen LogP contribution in [-0.2, 0) is 11.2 Å². The SMILES string of the molecule is CC(Sc1nnc(-c2ccco2)o1)C(=O)N1CCC(Cc2ccccc2)CC1. The maximum atomic E-state index is 12.8. The molecule has 2 aromatic heterocycles. The van der Waals surface area contributed by atoms with E-state index in [9.17, 15) is 4.79 Å². The lowest BCUT2D eigenvalue weighted by Gasteiger charge is -2.33. The molecule has 1 aliphatic heterocycles. The summed E-state index contributed by atoms with van der Waals surface area (Å²) < 4.78 is 10.8. The third-order valence-electron chi connectivity index (χ3n) is 5.06. The number of hydrogen-bond acceptors (Lipinski definition) is 6. The molecule has 0 spiro atoms. The van der Waals surface area contributed by atoms with Crippen LogP contribution in [0.25, 0.3) is 11.7 Å². The molecule has 146 valence electrons. The second-order valence-corrected chi connectivity index (χ2v) is 8.36. The van der Waals surface area contributed by atoms with Crippen LogP contribution in [0.1, 0.15) is 25.3 Å². The predicted octanol–water partition coefficient (Wildman–Crippen LogP) is 4.29. The van der Waals surface area contributed by atoms with E-state index in [1.165, 1.54) is 17.3 Å². The molecule has 7 heteroatoms. The molecular weight excluding hydrogens is 374 g/mol. The Labute approximate surface area is 168 Å². The van der Waals surface area contributed by atoms with Gasteiger partial charge in [-0.2, -0.15) is 0 Å². The monoisotopic (exact) mass is 397 g/mol. The highest BCUT2D eigenvalue weighted by molar-refractivity contribution is 8.00. The van der Waals surface area contributed by atoms with Crippen LogP contribution >= 0.6 is 11.8 Å². The molecule has 3 aromatic rings. The van der Waals surface area contributed by atoms with Crippen LogP contribution in [0.4, 0.5) is 0 Å². The number of amides is 1. The number of thioether (sulfide) groups is 1. The molecule has 0 N–H and O–H groups in total. The summed E-state index contributed by atoms with van der Waals surface area (Å²) >= 11 is 1.29. The first kappa shape index (κ1) is 18.8. The Balaban J connectivity index is 1.28. The number of piperidine rings is 1. The van der Waals surface area contributed by atoms with Gasteiger partial charge in [-0.05, 0) is 49.8 Å². The van der Waals surface area contributed by atoms with E-state index in [-0.39, 0.29) is 11.2 Å². The van der Waals surface area contributed by atoms with Gasteiger partial charge < -0.3 is 13.7 Å². The van der Waals surface area contributed by atoms with Crippen LogP contribution < -0.4 is 0 Å². The van der Waals surface area contributed by atoms with Gasteiger partial charge in [-0.25, -0.2) is 0 Å². The van der Waals surface area contributed by atoms with Crippen LogP contribution in [0, 0.1) is 5.92 Å². The van der Waals surface area contributed by atoms with E-state index in [0.717, 1.165) is 32.4 Å². The molecule has 1 atom stereocenters. The molecule has 0 radical (unpaired) electrons. The zero-order valence-electron chi connectivity index (χ0n) is 15.8. The third-order valence-corrected chi connectivity index (χ3v) is 5.98. The van der Waals surface area contributed by atoms with Gasteiger partial charge in [0.05, 0.1) is 11.5 Å². The van der Waals surface area contributed by atoms with Crippen molar-refractivity contribution in [1.29, 1.82) is 0 Å². The average molecular weight is 398 g/mol. The fourth-order valence-electron chi connectivity index (χ4n) is 3.52. The number of furan rings is 1. The summed E-state index contributed by atoms with van der Waals surface area (Å²) in [4.78, 5) is 14.8. The van der Waals surface area contributed by atoms with Crippen molar-refractivity contribution in [3.8, 4) is 11.7 Å². The predicted molar refractivity (Wildman–Crippen MR) is 107 cm³/mol. The summed E-state index contributed by atoms with van der Waals surface area (Å²) in [5.74, 6) is 1.62. The second-order valence-electron chi connectivity index (χ2n) is 7.07. The van der Waals surface area contributed by atoms with Gasteiger partial charge in [0, 0.05) is 13.1 Å². The summed E-state index contributed by atoms with van der Waals surface area (Å²) in [6.07, 6.45) is 4.73. The minimum absolute atomic E-state index is 0.126. The zero-order valence-corrected chi connectivity index (χ0v) is 16.6. The molecule has 1 saturated heterocycles. The number of rotatable bonds is 6. The zero-order chi connectivity index (χ0) is 19.3. The molecule has 6 nitrogen and oxygen atoms in total. The lowest BCUT2D eigenvalue weighted by atomic mass is 9.90. The fourth-order valence-corrected chi connectivity index (χ4v) is 4.29. The summed E-state index contributed by atoms with van der Waals surface area (Å²) in [5.41, 5.74) is 1.37. The van der Waals surface area contributed by atoms with Gasteiger partial charge in [0.15, 0.2) is 5.76 Å². The first-order valence-corrected chi connectivity index (χ1v) is 10.4. The smallest absolute Gasteiger partial charge is 0.284 e. The molecule has 1 amide bonds. The molecule has 0 bridgehead atoms. The average Bonchev–Trinajstić information content (AvgIpc) is 3.40. The summed E-state index contributed by atoms with van der Waals surface area (Å²) in [7, 11) is 0. The van der Waals surface area contributed by atoms with Crippen LogP contribution in [0.2, 0.25) is 0 Å². The van der Waals surface area contributed by atoms with Crippen molar-refractivity contribution in [2.24, 2.45) is 5.92 Å². The van der Waals surface area contributed by atoms with Crippen LogP contribution in [0.3, 0.4) is 0 Å². The van der Waals surface area contributed by atoms with Crippen molar-refractivity contribution in [2.45, 2.75) is 36.7 Å². The normalized spacial score (nSPS) is 16.2. The van der Waals surface area contributed by atoms with E-state index >= 15 is 0 Å². The minimum atomic E-state index is -0.268. The van der Waals surface area contributed by atoms with Crippen molar-refractivity contribution < 1.29 is 13.6 Å². The second kappa shape index (κ2) is 8.65. The highest BCUT2D eigenvalue weighted by atomic mass is 32.2. The van der Waals surface area contributed by atoms with Gasteiger partial charge in [-0.15, -0.1) is 10.2 Å². The van der Waals surface area contributed by atoms with Gasteiger partial charge in [0.1, 0.15) is 0 Å². The largest absolute Gasteiger partial charge is 0.459 e. The molecule has 4 rings (SSSR count). The maximum absolute atomic E-state index is 12.8. The Kier molecular flexibility index (Phi) is 5.81. The van der Waals surface area contributed by atoms with Crippen LogP contribution in [0.5, 0.6) is 0 Å². The number of hydrogen-bond donors (Lipinski definition) is 0. The van der Waals surface area contributed by atoms with Gasteiger partial charge in [-0.1, -0.05) is 42.1 Å². The molecule has 1 aliphatic rings. The summed E-state index contributed by atoms with van der Waals surface area (Å²) in [6, 6.07) is 14.1. The molecule has 0 aliphatic carbocycles. The molecule has 0 saturated carbocycles. The van der Waals surface area contributed by atoms with Crippen molar-refractivity contribution in [2.75, 3.05) is 13.1 Å². The highest BCUT2D eigenvalue weighted by Crippen LogP contribution is 2.29. The highest BCUT2D eigenvalue weighted by Gasteiger charge is 2.28. The Morgan fingerprint density at radius 3 is 2.68 bits per heavy atom. The lowest BCUT2D eigenvalue weighted by molar-refractivity contribution is -0.131. The molecular formula is C21H23N3O3S. The quantitative estimate of drug-likeness (QED) is 0.578. The summed E-state index contributed by atoms with van der Waals surface area (Å²) in [6.45, 7) is 3.51. The standard InChI is InChI=1S/C21H23N3O3S/c1-15(28-21-23-22-19(27-21)18-8-5-13-26-18)20(25)24-11-9-17(10-12-24)14-16-6-3-2-4-7-16/h2-8,13,15,17H,9-12,14H2,1H3. The van der Waals surface area contributed by atoms with Crippen molar-refractivity contribution in [1.82, 2.24) is 15.1 Å². The van der Waals surface area contributed by atoms with Crippen LogP contribution in [0.15, 0.2) is 62.8 Å². The Morgan fingerprint density at radius 2 is 1.96 bits per heavy atom. The van der Waals surface area contributed by atoms with Crippen molar-refractivity contribution in [3.05, 3.63) is 54.3 Å². The first-order valence-electron chi connectivity index (χ1n) is 9.56. The van der Waals surface area contributed by atoms with E-state index in [1.54, 1.807) is 18.4 Å². The van der Waals surface area contributed by atoms with E-state index in [1.807, 2.05) is 17.9 Å². The minimum Gasteiger partial charge on any atom is -0.459 e. The third kappa shape index (κ3) is 4.47. The lowest BCUT2D eigenvalue weighted by Crippen LogP contribution is -2.42. The molecule has 1 aromatic carbocycles. The number of aromatic nitrogens is 2. The van der Waals surface area contributed by atoms with Gasteiger partial charge in [0.25, 0.3) is 11.1 Å². The molecule has 3 heterocycles. The molecule has 1 unspecified atom stereocenters. The Hall–Kier alpha value is -2.54. The van der Waals surface area contributed by atoms with Crippen LogP contribution in [-0.4, -0.2) is 39.3 Å². The number of nitrogens with zero attached hydrogens (tertiary/aromatic N) is 3. The van der Waals surface area contributed by atoms with E-state index in [2.05, 4.69) is 34.5 Å². The number of carbonyl (C=O) groups is 1. The van der Waals surface area contributed by atoms with Gasteiger partial charge >= 0.3 is 0 Å². The molecule has 1 fully saturated rings. The Morgan fingerprint density at radius 1 is 1.18 bits per heavy atom. The number of benzene rings is 1. The van der Waals surface area contributed by atoms with Crippen molar-refractivity contribution in [3.63, 3.8) is 0 Å². The number of likely N-dealkylation sites (tertiary alicyclic amines) is 1. The van der Waals surface area contributed by atoms with Gasteiger partial charge in [-0.3, -0.25) is 4.79 Å². The number of carbonyl (C=O) groups excluding carboxylic acids is 1. The maximum Gasteiger partial charge on any atom is 0.284 e.